The number of aliphatic hydroxyl groups excluding tert-OH is 1. The van der Waals surface area contributed by atoms with E-state index in [9.17, 15) is 14.7 Å². The Labute approximate surface area is 276 Å². The van der Waals surface area contributed by atoms with Gasteiger partial charge in [0.05, 0.1) is 12.9 Å². The molecule has 0 saturated heterocycles. The van der Waals surface area contributed by atoms with E-state index in [0.29, 0.717) is 17.7 Å². The minimum absolute atomic E-state index is 0.0550. The Morgan fingerprint density at radius 1 is 0.574 bits per heavy atom. The zero-order valence-corrected chi connectivity index (χ0v) is 27.5. The summed E-state index contributed by atoms with van der Waals surface area (Å²) in [6, 6.07) is 34.3. The molecule has 0 fully saturated rings. The van der Waals surface area contributed by atoms with Crippen LogP contribution >= 0.6 is 0 Å². The Kier molecular flexibility index (Phi) is 11.3. The van der Waals surface area contributed by atoms with Crippen molar-refractivity contribution in [2.24, 2.45) is 0 Å². The molecule has 8 rings (SSSR count). The fraction of sp³-hybridized carbons (Fsp3) is 0.143. The lowest BCUT2D eigenvalue weighted by atomic mass is 9.83. The first-order chi connectivity index (χ1) is 23.0. The predicted molar refractivity (Wildman–Crippen MR) is 194 cm³/mol. The maximum Gasteiger partial charge on any atom is 0.194 e. The Bertz CT molecular complexity index is 2070. The number of hydrogen-bond acceptors (Lipinski definition) is 5. The Balaban J connectivity index is 0.000000180. The van der Waals surface area contributed by atoms with Gasteiger partial charge in [-0.2, -0.15) is 0 Å². The van der Waals surface area contributed by atoms with Gasteiger partial charge in [-0.1, -0.05) is 119 Å². The summed E-state index contributed by atoms with van der Waals surface area (Å²) in [6.07, 6.45) is 0.750. The first-order valence-corrected chi connectivity index (χ1v) is 16.0. The van der Waals surface area contributed by atoms with Crippen molar-refractivity contribution < 1.29 is 24.5 Å². The third-order valence-corrected chi connectivity index (χ3v) is 7.64. The van der Waals surface area contributed by atoms with Gasteiger partial charge in [0.1, 0.15) is 11.5 Å². The molecule has 0 aliphatic heterocycles. The molecule has 6 aromatic carbocycles. The molecule has 0 amide bonds. The molecule has 2 aliphatic carbocycles. The number of carbonyl (C=O) groups excluding carboxylic acids is 2. The number of rotatable bonds is 2. The number of hydrogen-bond donors (Lipinski definition) is 2. The lowest BCUT2D eigenvalue weighted by Gasteiger charge is -2.20. The fourth-order valence-corrected chi connectivity index (χ4v) is 5.99. The molecule has 5 nitrogen and oxygen atoms in total. The number of benzene rings is 6. The van der Waals surface area contributed by atoms with E-state index < -0.39 is 0 Å². The van der Waals surface area contributed by atoms with Crippen molar-refractivity contribution in [2.75, 3.05) is 6.61 Å². The molecule has 2 N–H and O–H groups in total. The van der Waals surface area contributed by atoms with Crippen molar-refractivity contribution in [3.05, 3.63) is 144 Å². The van der Waals surface area contributed by atoms with E-state index in [1.165, 1.54) is 0 Å². The van der Waals surface area contributed by atoms with Crippen LogP contribution in [0.3, 0.4) is 0 Å². The van der Waals surface area contributed by atoms with E-state index >= 15 is 0 Å². The second-order valence-corrected chi connectivity index (χ2v) is 10.1. The van der Waals surface area contributed by atoms with E-state index in [1.807, 2.05) is 132 Å². The molecule has 5 heteroatoms. The number of fused-ring (bicyclic) bond motifs is 4. The van der Waals surface area contributed by atoms with Crippen molar-refractivity contribution >= 4 is 33.1 Å². The zero-order chi connectivity index (χ0) is 34.1. The average molecular weight is 625 g/mol. The van der Waals surface area contributed by atoms with Crippen LogP contribution in [-0.2, 0) is 0 Å². The highest BCUT2D eigenvalue weighted by Gasteiger charge is 2.26. The van der Waals surface area contributed by atoms with Gasteiger partial charge in [-0.3, -0.25) is 9.59 Å². The number of aliphatic hydroxyl groups is 1. The van der Waals surface area contributed by atoms with Crippen LogP contribution in [-0.4, -0.2) is 28.4 Å². The van der Waals surface area contributed by atoms with E-state index in [2.05, 4.69) is 6.58 Å². The monoisotopic (exact) mass is 624 g/mol. The van der Waals surface area contributed by atoms with Gasteiger partial charge in [0.2, 0.25) is 0 Å². The topological polar surface area (TPSA) is 83.8 Å². The molecule has 6 aromatic rings. The first kappa shape index (κ1) is 34.2. The summed E-state index contributed by atoms with van der Waals surface area (Å²) in [4.78, 5) is 25.2. The summed E-state index contributed by atoms with van der Waals surface area (Å²) in [6.45, 7) is 13.5. The number of aromatic hydroxyl groups is 1. The molecule has 0 bridgehead atoms. The van der Waals surface area contributed by atoms with Crippen LogP contribution in [0.25, 0.3) is 43.8 Å². The molecular weight excluding hydrogens is 584 g/mol. The summed E-state index contributed by atoms with van der Waals surface area (Å²) in [5, 5.41) is 21.1. The number of ether oxygens (including phenoxy) is 1. The van der Waals surface area contributed by atoms with Crippen molar-refractivity contribution in [1.82, 2.24) is 0 Å². The molecule has 0 aromatic heterocycles. The van der Waals surface area contributed by atoms with E-state index in [0.717, 1.165) is 66.9 Å². The van der Waals surface area contributed by atoms with E-state index in [1.54, 1.807) is 12.1 Å². The van der Waals surface area contributed by atoms with Crippen LogP contribution < -0.4 is 4.74 Å². The average Bonchev–Trinajstić information content (AvgIpc) is 3.11. The van der Waals surface area contributed by atoms with Gasteiger partial charge in [-0.15, -0.1) is 0 Å². The molecule has 0 spiro atoms. The molecule has 0 unspecified atom stereocenters. The van der Waals surface area contributed by atoms with E-state index in [4.69, 9.17) is 9.84 Å². The van der Waals surface area contributed by atoms with Crippen LogP contribution in [0.2, 0.25) is 0 Å². The molecular formula is C42H40O5. The zero-order valence-electron chi connectivity index (χ0n) is 27.5. The summed E-state index contributed by atoms with van der Waals surface area (Å²) >= 11 is 0. The van der Waals surface area contributed by atoms with E-state index in [-0.39, 0.29) is 17.3 Å². The van der Waals surface area contributed by atoms with Gasteiger partial charge >= 0.3 is 0 Å². The molecule has 0 heterocycles. The lowest BCUT2D eigenvalue weighted by Crippen LogP contribution is -2.09. The van der Waals surface area contributed by atoms with Crippen molar-refractivity contribution in [1.29, 1.82) is 0 Å². The van der Waals surface area contributed by atoms with Crippen molar-refractivity contribution in [3.63, 3.8) is 0 Å². The third kappa shape index (κ3) is 6.52. The first-order valence-electron chi connectivity index (χ1n) is 16.0. The van der Waals surface area contributed by atoms with Gasteiger partial charge in [-0.25, -0.2) is 0 Å². The minimum atomic E-state index is 0.0550. The molecule has 0 radical (unpaired) electrons. The highest BCUT2D eigenvalue weighted by molar-refractivity contribution is 6.27. The summed E-state index contributed by atoms with van der Waals surface area (Å²) in [7, 11) is 0. The number of phenols is 1. The number of ketones is 2. The maximum atomic E-state index is 12.7. The van der Waals surface area contributed by atoms with Crippen LogP contribution in [0, 0.1) is 0 Å². The number of carbonyl (C=O) groups is 2. The summed E-state index contributed by atoms with van der Waals surface area (Å²) < 4.78 is 5.68. The minimum Gasteiger partial charge on any atom is -0.516 e. The van der Waals surface area contributed by atoms with Gasteiger partial charge in [0, 0.05) is 33.0 Å². The lowest BCUT2D eigenvalue weighted by molar-refractivity contribution is 0.103. The third-order valence-electron chi connectivity index (χ3n) is 7.64. The molecule has 238 valence electrons. The Morgan fingerprint density at radius 2 is 0.979 bits per heavy atom. The van der Waals surface area contributed by atoms with Crippen molar-refractivity contribution in [2.45, 2.75) is 34.6 Å². The highest BCUT2D eigenvalue weighted by Crippen LogP contribution is 2.42. The van der Waals surface area contributed by atoms with Gasteiger partial charge in [0.15, 0.2) is 11.6 Å². The largest absolute Gasteiger partial charge is 0.516 e. The quantitative estimate of drug-likeness (QED) is 0.187. The predicted octanol–water partition coefficient (Wildman–Crippen LogP) is 10.9. The summed E-state index contributed by atoms with van der Waals surface area (Å²) in [5.74, 6) is 1.23. The van der Waals surface area contributed by atoms with Gasteiger partial charge in [0.25, 0.3) is 0 Å². The standard InChI is InChI=1S/C19H14O2.C17H10O2.C2H4O.2C2H6/c1-2-21-13-10-12-6-5-9-16-18(12)17(11-13)14-7-3-4-8-15(14)19(16)20;18-11-8-10-4-3-7-14-16(10)15(9-11)12-5-1-2-6-13(12)17(14)19;1-2-3;2*1-2/h3-11H,2H2,1H3;1-9,18H;2-3H,1H2;2*1-2H3. The van der Waals surface area contributed by atoms with Crippen LogP contribution in [0.15, 0.2) is 122 Å². The normalized spacial score (nSPS) is 11.1. The molecule has 0 saturated carbocycles. The summed E-state index contributed by atoms with van der Waals surface area (Å²) in [5.41, 5.74) is 6.87. The Morgan fingerprint density at radius 3 is 1.45 bits per heavy atom. The fourth-order valence-electron chi connectivity index (χ4n) is 5.99. The number of phenolic OH excluding ortho intramolecular Hbond substituents is 1. The van der Waals surface area contributed by atoms with Gasteiger partial charge < -0.3 is 14.9 Å². The molecule has 47 heavy (non-hydrogen) atoms. The second-order valence-electron chi connectivity index (χ2n) is 10.1. The highest BCUT2D eigenvalue weighted by atomic mass is 16.5. The van der Waals surface area contributed by atoms with Gasteiger partial charge in [-0.05, 0) is 64.2 Å². The SMILES string of the molecule is C=CO.CC.CC.CCOc1cc2c3c(cccc3c1)C(=O)c1ccccc1-2.O=C1c2ccccc2-c2cc(O)cc3cccc1c23. The second kappa shape index (κ2) is 15.5. The van der Waals surface area contributed by atoms with Crippen LogP contribution in [0.5, 0.6) is 11.5 Å². The van der Waals surface area contributed by atoms with Crippen molar-refractivity contribution in [3.8, 4) is 33.8 Å². The van der Waals surface area contributed by atoms with Crippen LogP contribution in [0.1, 0.15) is 66.5 Å². The molecule has 0 atom stereocenters. The molecule has 2 aliphatic rings. The Hall–Kier alpha value is -5.68. The smallest absolute Gasteiger partial charge is 0.194 e. The van der Waals surface area contributed by atoms with Crippen LogP contribution in [0.4, 0.5) is 0 Å². The maximum absolute atomic E-state index is 12.7.